The average Bonchev–Trinajstić information content (AvgIpc) is 3.52. The molecule has 0 atom stereocenters. The van der Waals surface area contributed by atoms with Gasteiger partial charge in [0.2, 0.25) is 11.8 Å². The number of carbonyl (C=O) groups is 2. The van der Waals surface area contributed by atoms with Gasteiger partial charge >= 0.3 is 0 Å². The maximum Gasteiger partial charge on any atom is 0.281 e. The summed E-state index contributed by atoms with van der Waals surface area (Å²) in [6, 6.07) is 12.3. The van der Waals surface area contributed by atoms with Crippen LogP contribution in [-0.4, -0.2) is 41.3 Å². The summed E-state index contributed by atoms with van der Waals surface area (Å²) >= 11 is 0. The van der Waals surface area contributed by atoms with E-state index in [1.54, 1.807) is 38.1 Å². The van der Waals surface area contributed by atoms with Gasteiger partial charge in [0.15, 0.2) is 0 Å². The maximum absolute atomic E-state index is 13.3. The van der Waals surface area contributed by atoms with Crippen LogP contribution in [0, 0.1) is 13.8 Å². The van der Waals surface area contributed by atoms with E-state index >= 15 is 0 Å². The van der Waals surface area contributed by atoms with Crippen molar-refractivity contribution in [1.29, 1.82) is 0 Å². The van der Waals surface area contributed by atoms with E-state index in [9.17, 15) is 28.8 Å². The number of amides is 2. The van der Waals surface area contributed by atoms with Crippen molar-refractivity contribution in [1.82, 2.24) is 29.5 Å². The molecule has 0 bridgehead atoms. The van der Waals surface area contributed by atoms with Crippen LogP contribution < -0.4 is 33.7 Å². The first kappa shape index (κ1) is 28.5. The van der Waals surface area contributed by atoms with E-state index in [0.717, 1.165) is 0 Å². The molecule has 0 aliphatic heterocycles. The minimum Gasteiger partial charge on any atom is -0.366 e. The molecule has 0 saturated heterocycles. The first-order chi connectivity index (χ1) is 21.5. The predicted octanol–water partition coefficient (Wildman–Crippen LogP) is 1.47. The third-order valence-corrected chi connectivity index (χ3v) is 7.54. The molecule has 8 N–H and O–H groups in total. The summed E-state index contributed by atoms with van der Waals surface area (Å²) in [5.41, 5.74) is 14.0. The van der Waals surface area contributed by atoms with E-state index in [0.29, 0.717) is 22.5 Å². The van der Waals surface area contributed by atoms with Crippen molar-refractivity contribution < 1.29 is 9.59 Å². The number of aromatic amines is 4. The first-order valence-corrected chi connectivity index (χ1v) is 13.4. The number of nitrogens with two attached hydrogens (primary N) is 2. The van der Waals surface area contributed by atoms with Crippen LogP contribution in [-0.2, 0) is 0 Å². The van der Waals surface area contributed by atoms with Gasteiger partial charge in [-0.1, -0.05) is 12.1 Å². The van der Waals surface area contributed by atoms with Crippen LogP contribution >= 0.6 is 0 Å². The number of nitrogens with zero attached hydrogens (tertiary/aromatic N) is 2. The van der Waals surface area contributed by atoms with Crippen LogP contribution in [0.4, 0.5) is 0 Å². The lowest BCUT2D eigenvalue weighted by molar-refractivity contribution is 0.0992. The van der Waals surface area contributed by atoms with Crippen molar-refractivity contribution in [2.24, 2.45) is 11.5 Å². The molecule has 4 heterocycles. The van der Waals surface area contributed by atoms with E-state index in [-0.39, 0.29) is 44.3 Å². The van der Waals surface area contributed by atoms with Gasteiger partial charge in [0.25, 0.3) is 22.2 Å². The fourth-order valence-electron chi connectivity index (χ4n) is 5.24. The highest BCUT2D eigenvalue weighted by Gasteiger charge is 2.18. The van der Waals surface area contributed by atoms with Crippen LogP contribution in [0.25, 0.3) is 45.6 Å². The molecule has 0 aliphatic rings. The number of hydrogen-bond acceptors (Lipinski definition) is 6. The van der Waals surface area contributed by atoms with Gasteiger partial charge in [0.1, 0.15) is 11.3 Å². The van der Waals surface area contributed by atoms with Gasteiger partial charge in [-0.3, -0.25) is 39.0 Å². The van der Waals surface area contributed by atoms with E-state index in [1.165, 1.54) is 45.8 Å². The van der Waals surface area contributed by atoms with Crippen molar-refractivity contribution in [3.63, 3.8) is 0 Å². The van der Waals surface area contributed by atoms with Gasteiger partial charge in [0.05, 0.1) is 33.3 Å². The Morgan fingerprint density at radius 2 is 1.09 bits per heavy atom. The standard InChI is InChI=1S/C31H24N8O6/c1-14-20(28(42)34-26-22(14)30(44)38(36-26)18-8-3-6-16(12-18)24(32)40)10-5-11-21-15(2)23-27(35-29(21)43)37-39(31(23)45)19-9-4-7-17(13-19)25(33)41/h3-4,6-13H,1-2H3,(H2,32,40)(H2,33,41)(H2,34,36,42)(H2,35,37,43). The molecule has 14 nitrogen and oxygen atoms in total. The number of nitrogens with one attached hydrogen (secondary N) is 4. The Morgan fingerprint density at radius 1 is 0.689 bits per heavy atom. The molecule has 0 radical (unpaired) electrons. The molecule has 2 aromatic carbocycles. The van der Waals surface area contributed by atoms with Crippen molar-refractivity contribution in [3.8, 4) is 11.4 Å². The van der Waals surface area contributed by atoms with Gasteiger partial charge in [0, 0.05) is 11.1 Å². The van der Waals surface area contributed by atoms with E-state index < -0.39 is 34.1 Å². The van der Waals surface area contributed by atoms with Crippen molar-refractivity contribution in [2.45, 2.75) is 13.8 Å². The Hall–Kier alpha value is -6.66. The highest BCUT2D eigenvalue weighted by Crippen LogP contribution is 2.18. The van der Waals surface area contributed by atoms with Gasteiger partial charge in [-0.2, -0.15) is 0 Å². The second-order valence-electron chi connectivity index (χ2n) is 10.3. The average molecular weight is 605 g/mol. The SMILES string of the molecule is Cc1c(C=C=Cc2c(C)c3c(=O)n(-c4cccc(C(N)=O)c4)[nH]c3[nH]c2=O)c(=O)[nH]c2[nH]n(-c3cccc(C(N)=O)c3)c(=O)c12. The third kappa shape index (κ3) is 4.73. The molecule has 0 saturated carbocycles. The summed E-state index contributed by atoms with van der Waals surface area (Å²) in [5.74, 6) is -1.31. The summed E-state index contributed by atoms with van der Waals surface area (Å²) in [6.45, 7) is 3.20. The molecule has 0 fully saturated rings. The molecule has 0 unspecified atom stereocenters. The van der Waals surface area contributed by atoms with E-state index in [2.05, 4.69) is 25.9 Å². The smallest absolute Gasteiger partial charge is 0.281 e. The monoisotopic (exact) mass is 604 g/mol. The topological polar surface area (TPSA) is 227 Å². The molecule has 45 heavy (non-hydrogen) atoms. The molecule has 6 aromatic rings. The summed E-state index contributed by atoms with van der Waals surface area (Å²) in [5, 5.41) is 6.11. The Bertz CT molecular complexity index is 2370. The van der Waals surface area contributed by atoms with Gasteiger partial charge in [-0.05, 0) is 73.5 Å². The highest BCUT2D eigenvalue weighted by molar-refractivity contribution is 5.94. The zero-order valence-electron chi connectivity index (χ0n) is 23.8. The number of carbonyl (C=O) groups excluding carboxylic acids is 2. The number of pyridine rings is 2. The molecule has 0 spiro atoms. The van der Waals surface area contributed by atoms with E-state index in [4.69, 9.17) is 11.5 Å². The fourth-order valence-corrected chi connectivity index (χ4v) is 5.24. The van der Waals surface area contributed by atoms with Crippen molar-refractivity contribution >= 4 is 46.0 Å². The lowest BCUT2D eigenvalue weighted by Crippen LogP contribution is -2.17. The summed E-state index contributed by atoms with van der Waals surface area (Å²) < 4.78 is 2.38. The Balaban J connectivity index is 1.43. The normalized spacial score (nSPS) is 11.1. The molecule has 2 amide bonds. The number of H-pyrrole nitrogens is 4. The Kier molecular flexibility index (Phi) is 6.68. The summed E-state index contributed by atoms with van der Waals surface area (Å²) in [4.78, 5) is 81.1. The largest absolute Gasteiger partial charge is 0.366 e. The molecule has 6 rings (SSSR count). The number of benzene rings is 2. The van der Waals surface area contributed by atoms with Crippen molar-refractivity contribution in [3.05, 3.63) is 129 Å². The maximum atomic E-state index is 13.3. The van der Waals surface area contributed by atoms with Gasteiger partial charge in [-0.25, -0.2) is 9.36 Å². The van der Waals surface area contributed by atoms with Gasteiger partial charge in [-0.15, -0.1) is 5.73 Å². The number of aryl methyl sites for hydroxylation is 2. The quantitative estimate of drug-likeness (QED) is 0.154. The number of fused-ring (bicyclic) bond motifs is 2. The molecule has 224 valence electrons. The van der Waals surface area contributed by atoms with Crippen LogP contribution in [0.3, 0.4) is 0 Å². The molecule has 14 heteroatoms. The van der Waals surface area contributed by atoms with Gasteiger partial charge < -0.3 is 21.4 Å². The minimum atomic E-state index is -0.657. The lowest BCUT2D eigenvalue weighted by atomic mass is 10.1. The fraction of sp³-hybridized carbons (Fsp3) is 0.0645. The third-order valence-electron chi connectivity index (χ3n) is 7.54. The molecule has 0 aliphatic carbocycles. The number of rotatable bonds is 6. The number of aromatic nitrogens is 6. The lowest BCUT2D eigenvalue weighted by Gasteiger charge is -2.02. The minimum absolute atomic E-state index is 0.126. The Morgan fingerprint density at radius 3 is 1.47 bits per heavy atom. The summed E-state index contributed by atoms with van der Waals surface area (Å²) in [7, 11) is 0. The predicted molar refractivity (Wildman–Crippen MR) is 168 cm³/mol. The summed E-state index contributed by atoms with van der Waals surface area (Å²) in [6.07, 6.45) is 2.68. The second kappa shape index (κ2) is 10.6. The van der Waals surface area contributed by atoms with E-state index in [1.807, 2.05) is 0 Å². The first-order valence-electron chi connectivity index (χ1n) is 13.4. The van der Waals surface area contributed by atoms with Crippen molar-refractivity contribution in [2.75, 3.05) is 0 Å². The van der Waals surface area contributed by atoms with Crippen LogP contribution in [0.5, 0.6) is 0 Å². The van der Waals surface area contributed by atoms with Crippen LogP contribution in [0.2, 0.25) is 0 Å². The number of primary amides is 2. The second-order valence-corrected chi connectivity index (χ2v) is 10.3. The zero-order chi connectivity index (χ0) is 32.2. The molecular weight excluding hydrogens is 580 g/mol. The van der Waals surface area contributed by atoms with Crippen LogP contribution in [0.15, 0.2) is 73.4 Å². The number of hydrogen-bond donors (Lipinski definition) is 6. The molecule has 4 aromatic heterocycles. The highest BCUT2D eigenvalue weighted by atomic mass is 16.2. The Labute approximate surface area is 250 Å². The molecular formula is C31H24N8O6. The van der Waals surface area contributed by atoms with Crippen LogP contribution in [0.1, 0.15) is 43.0 Å². The zero-order valence-corrected chi connectivity index (χ0v) is 23.8.